The molecule has 0 radical (unpaired) electrons. The molecule has 0 aliphatic rings. The third-order valence-electron chi connectivity index (χ3n) is 1.45. The fourth-order valence-electron chi connectivity index (χ4n) is 0.820. The first-order valence-electron chi connectivity index (χ1n) is 4.31. The SMILES string of the molecule is CCOC(=O)CCC(=O)CCC=O. The van der Waals surface area contributed by atoms with E-state index in [4.69, 9.17) is 0 Å². The van der Waals surface area contributed by atoms with E-state index in [2.05, 4.69) is 4.74 Å². The summed E-state index contributed by atoms with van der Waals surface area (Å²) >= 11 is 0. The Morgan fingerprint density at radius 1 is 1.23 bits per heavy atom. The van der Waals surface area contributed by atoms with Gasteiger partial charge >= 0.3 is 5.97 Å². The predicted molar refractivity (Wildman–Crippen MR) is 46.2 cm³/mol. The van der Waals surface area contributed by atoms with Crippen molar-refractivity contribution >= 4 is 18.0 Å². The second kappa shape index (κ2) is 7.46. The van der Waals surface area contributed by atoms with Crippen LogP contribution in [0.25, 0.3) is 0 Å². The zero-order chi connectivity index (χ0) is 10.1. The summed E-state index contributed by atoms with van der Waals surface area (Å²) in [6, 6.07) is 0. The molecule has 0 aromatic carbocycles. The van der Waals surface area contributed by atoms with Crippen molar-refractivity contribution in [2.45, 2.75) is 32.6 Å². The Hall–Kier alpha value is -1.19. The highest BCUT2D eigenvalue weighted by molar-refractivity contribution is 5.84. The van der Waals surface area contributed by atoms with E-state index in [-0.39, 0.29) is 37.4 Å². The van der Waals surface area contributed by atoms with Crippen molar-refractivity contribution in [3.8, 4) is 0 Å². The van der Waals surface area contributed by atoms with Crippen molar-refractivity contribution in [1.82, 2.24) is 0 Å². The third-order valence-corrected chi connectivity index (χ3v) is 1.45. The van der Waals surface area contributed by atoms with Crippen molar-refractivity contribution in [3.63, 3.8) is 0 Å². The Morgan fingerprint density at radius 3 is 2.46 bits per heavy atom. The van der Waals surface area contributed by atoms with Gasteiger partial charge in [-0.05, 0) is 6.92 Å². The van der Waals surface area contributed by atoms with Gasteiger partial charge in [-0.1, -0.05) is 0 Å². The van der Waals surface area contributed by atoms with Gasteiger partial charge in [0, 0.05) is 19.3 Å². The minimum Gasteiger partial charge on any atom is -0.466 e. The molecule has 0 spiro atoms. The molecule has 0 heterocycles. The standard InChI is InChI=1S/C9H14O4/c1-2-13-9(12)6-5-8(11)4-3-7-10/h7H,2-6H2,1H3. The summed E-state index contributed by atoms with van der Waals surface area (Å²) in [5.74, 6) is -0.429. The number of hydrogen-bond donors (Lipinski definition) is 0. The van der Waals surface area contributed by atoms with Gasteiger partial charge in [0.05, 0.1) is 13.0 Å². The molecule has 0 saturated heterocycles. The van der Waals surface area contributed by atoms with Crippen LogP contribution in [0.4, 0.5) is 0 Å². The molecule has 0 aromatic heterocycles. The van der Waals surface area contributed by atoms with Gasteiger partial charge in [-0.15, -0.1) is 0 Å². The van der Waals surface area contributed by atoms with Gasteiger partial charge in [-0.25, -0.2) is 0 Å². The average molecular weight is 186 g/mol. The van der Waals surface area contributed by atoms with Gasteiger partial charge in [0.15, 0.2) is 0 Å². The molecule has 0 aliphatic heterocycles. The molecule has 0 aliphatic carbocycles. The lowest BCUT2D eigenvalue weighted by Gasteiger charge is -1.99. The van der Waals surface area contributed by atoms with Crippen LogP contribution in [0.2, 0.25) is 0 Å². The van der Waals surface area contributed by atoms with Gasteiger partial charge in [0.2, 0.25) is 0 Å². The summed E-state index contributed by atoms with van der Waals surface area (Å²) in [5, 5.41) is 0. The number of hydrogen-bond acceptors (Lipinski definition) is 4. The molecular weight excluding hydrogens is 172 g/mol. The molecule has 0 fully saturated rings. The maximum absolute atomic E-state index is 10.9. The summed E-state index contributed by atoms with van der Waals surface area (Å²) < 4.78 is 4.64. The number of carbonyl (C=O) groups excluding carboxylic acids is 3. The Morgan fingerprint density at radius 2 is 1.92 bits per heavy atom. The second-order valence-electron chi connectivity index (χ2n) is 2.55. The Labute approximate surface area is 77.3 Å². The van der Waals surface area contributed by atoms with Crippen LogP contribution in [0.1, 0.15) is 32.6 Å². The van der Waals surface area contributed by atoms with Crippen LogP contribution in [0.3, 0.4) is 0 Å². The monoisotopic (exact) mass is 186 g/mol. The minimum absolute atomic E-state index is 0.0693. The smallest absolute Gasteiger partial charge is 0.306 e. The van der Waals surface area contributed by atoms with E-state index in [1.54, 1.807) is 6.92 Å². The fourth-order valence-corrected chi connectivity index (χ4v) is 0.820. The largest absolute Gasteiger partial charge is 0.466 e. The molecular formula is C9H14O4. The molecule has 0 saturated carbocycles. The van der Waals surface area contributed by atoms with E-state index in [0.717, 1.165) is 0 Å². The van der Waals surface area contributed by atoms with Crippen molar-refractivity contribution < 1.29 is 19.1 Å². The molecule has 0 atom stereocenters. The number of esters is 1. The number of ketones is 1. The van der Waals surface area contributed by atoms with E-state index in [1.807, 2.05) is 0 Å². The van der Waals surface area contributed by atoms with Crippen LogP contribution in [0.15, 0.2) is 0 Å². The van der Waals surface area contributed by atoms with Gasteiger partial charge in [0.25, 0.3) is 0 Å². The Balaban J connectivity index is 3.45. The third kappa shape index (κ3) is 7.18. The summed E-state index contributed by atoms with van der Waals surface area (Å²) in [7, 11) is 0. The molecule has 0 bridgehead atoms. The predicted octanol–water partition coefficient (Wildman–Crippen LogP) is 0.878. The molecule has 0 rings (SSSR count). The number of carbonyl (C=O) groups is 3. The van der Waals surface area contributed by atoms with Crippen molar-refractivity contribution in [1.29, 1.82) is 0 Å². The van der Waals surface area contributed by atoms with Gasteiger partial charge in [-0.3, -0.25) is 9.59 Å². The average Bonchev–Trinajstić information content (AvgIpc) is 2.12. The molecule has 4 nitrogen and oxygen atoms in total. The lowest BCUT2D eigenvalue weighted by molar-refractivity contribution is -0.144. The molecule has 0 aromatic rings. The summed E-state index contributed by atoms with van der Waals surface area (Å²) in [5.41, 5.74) is 0. The van der Waals surface area contributed by atoms with Crippen LogP contribution < -0.4 is 0 Å². The van der Waals surface area contributed by atoms with Crippen molar-refractivity contribution in [2.24, 2.45) is 0 Å². The molecule has 4 heteroatoms. The zero-order valence-corrected chi connectivity index (χ0v) is 7.75. The maximum atomic E-state index is 10.9. The Kier molecular flexibility index (Phi) is 6.78. The van der Waals surface area contributed by atoms with Gasteiger partial charge < -0.3 is 9.53 Å². The van der Waals surface area contributed by atoms with Crippen molar-refractivity contribution in [3.05, 3.63) is 0 Å². The number of aldehydes is 1. The topological polar surface area (TPSA) is 60.4 Å². The lowest BCUT2D eigenvalue weighted by Crippen LogP contribution is -2.07. The minimum atomic E-state index is -0.359. The van der Waals surface area contributed by atoms with Crippen molar-refractivity contribution in [2.75, 3.05) is 6.61 Å². The fraction of sp³-hybridized carbons (Fsp3) is 0.667. The van der Waals surface area contributed by atoms with E-state index < -0.39 is 0 Å². The summed E-state index contributed by atoms with van der Waals surface area (Å²) in [6.45, 7) is 2.05. The normalized spacial score (nSPS) is 9.31. The van der Waals surface area contributed by atoms with Crippen LogP contribution in [0.5, 0.6) is 0 Å². The van der Waals surface area contributed by atoms with Gasteiger partial charge in [-0.2, -0.15) is 0 Å². The highest BCUT2D eigenvalue weighted by Crippen LogP contribution is 1.98. The highest BCUT2D eigenvalue weighted by Gasteiger charge is 2.06. The van der Waals surface area contributed by atoms with Crippen LogP contribution in [-0.4, -0.2) is 24.6 Å². The highest BCUT2D eigenvalue weighted by atomic mass is 16.5. The summed E-state index contributed by atoms with van der Waals surface area (Å²) in [4.78, 5) is 31.6. The molecule has 0 N–H and O–H groups in total. The first-order valence-corrected chi connectivity index (χ1v) is 4.31. The zero-order valence-electron chi connectivity index (χ0n) is 7.75. The van der Waals surface area contributed by atoms with E-state index >= 15 is 0 Å². The molecule has 0 unspecified atom stereocenters. The van der Waals surface area contributed by atoms with Crippen LogP contribution in [-0.2, 0) is 19.1 Å². The van der Waals surface area contributed by atoms with E-state index in [1.165, 1.54) is 0 Å². The van der Waals surface area contributed by atoms with E-state index in [9.17, 15) is 14.4 Å². The summed E-state index contributed by atoms with van der Waals surface area (Å²) in [6.07, 6.45) is 1.45. The molecule has 13 heavy (non-hydrogen) atoms. The first kappa shape index (κ1) is 11.8. The van der Waals surface area contributed by atoms with Crippen LogP contribution in [0, 0.1) is 0 Å². The Bertz CT molecular complexity index is 186. The lowest BCUT2D eigenvalue weighted by atomic mass is 10.1. The molecule has 74 valence electrons. The maximum Gasteiger partial charge on any atom is 0.306 e. The second-order valence-corrected chi connectivity index (χ2v) is 2.55. The first-order chi connectivity index (χ1) is 6.20. The van der Waals surface area contributed by atoms with Gasteiger partial charge in [0.1, 0.15) is 12.1 Å². The number of ether oxygens (including phenoxy) is 1. The number of Topliss-reactive ketones (excluding diaryl/α,β-unsaturated/α-hetero) is 1. The van der Waals surface area contributed by atoms with E-state index in [0.29, 0.717) is 12.9 Å². The van der Waals surface area contributed by atoms with Crippen LogP contribution >= 0.6 is 0 Å². The quantitative estimate of drug-likeness (QED) is 0.437. The number of rotatable bonds is 7. The molecule has 0 amide bonds.